The molecule has 6 nitrogen and oxygen atoms in total. The topological polar surface area (TPSA) is 80.0 Å². The van der Waals surface area contributed by atoms with Crippen LogP contribution in [0.25, 0.3) is 0 Å². The van der Waals surface area contributed by atoms with Crippen molar-refractivity contribution >= 4 is 28.7 Å². The van der Waals surface area contributed by atoms with Crippen molar-refractivity contribution in [3.05, 3.63) is 61.2 Å². The molecule has 0 radical (unpaired) electrons. The first-order valence-corrected chi connectivity index (χ1v) is 6.82. The largest absolute Gasteiger partial charge is 0.393 e. The molecule has 0 fully saturated rings. The van der Waals surface area contributed by atoms with E-state index in [4.69, 9.17) is 5.73 Å². The molecule has 3 N–H and O–H groups in total. The van der Waals surface area contributed by atoms with Crippen LogP contribution < -0.4 is 16.0 Å². The van der Waals surface area contributed by atoms with Gasteiger partial charge in [0.15, 0.2) is 11.6 Å². The van der Waals surface area contributed by atoms with Crippen molar-refractivity contribution in [1.82, 2.24) is 15.0 Å². The fraction of sp³-hybridized carbons (Fsp3) is 0.0625. The van der Waals surface area contributed by atoms with Crippen molar-refractivity contribution in [1.29, 1.82) is 0 Å². The Morgan fingerprint density at radius 2 is 1.73 bits per heavy atom. The third kappa shape index (κ3) is 2.80. The Morgan fingerprint density at radius 1 is 1.00 bits per heavy atom. The molecule has 0 unspecified atom stereocenters. The van der Waals surface area contributed by atoms with Gasteiger partial charge in [-0.05, 0) is 24.3 Å². The molecule has 0 saturated heterocycles. The maximum atomic E-state index is 6.22. The van der Waals surface area contributed by atoms with Crippen LogP contribution in [0.3, 0.4) is 0 Å². The molecule has 0 aliphatic rings. The van der Waals surface area contributed by atoms with Gasteiger partial charge in [0.25, 0.3) is 0 Å². The molecular formula is C16H16N6. The standard InChI is InChI=1S/C16H16N6/c1-22(13-5-3-2-4-6-13)16-14(17)15(19-11-20-16)21-12-7-9-18-10-8-12/h2-11H,17H2,1H3,(H,18,19,20,21). The summed E-state index contributed by atoms with van der Waals surface area (Å²) in [6.45, 7) is 0. The van der Waals surface area contributed by atoms with Crippen LogP contribution in [0.5, 0.6) is 0 Å². The van der Waals surface area contributed by atoms with Gasteiger partial charge in [0.1, 0.15) is 12.0 Å². The highest BCUT2D eigenvalue weighted by atomic mass is 15.2. The summed E-state index contributed by atoms with van der Waals surface area (Å²) in [4.78, 5) is 14.4. The van der Waals surface area contributed by atoms with Gasteiger partial charge in [-0.25, -0.2) is 9.97 Å². The number of aromatic nitrogens is 3. The number of para-hydroxylation sites is 1. The molecule has 2 aromatic heterocycles. The zero-order valence-electron chi connectivity index (χ0n) is 12.1. The minimum absolute atomic E-state index is 0.491. The van der Waals surface area contributed by atoms with E-state index < -0.39 is 0 Å². The van der Waals surface area contributed by atoms with E-state index in [1.165, 1.54) is 6.33 Å². The predicted octanol–water partition coefficient (Wildman–Crippen LogP) is 2.97. The van der Waals surface area contributed by atoms with Gasteiger partial charge in [0, 0.05) is 30.8 Å². The van der Waals surface area contributed by atoms with Crippen LogP contribution in [0.15, 0.2) is 61.2 Å². The van der Waals surface area contributed by atoms with Gasteiger partial charge < -0.3 is 16.0 Å². The second-order valence-corrected chi connectivity index (χ2v) is 4.72. The van der Waals surface area contributed by atoms with Gasteiger partial charge in [-0.2, -0.15) is 0 Å². The van der Waals surface area contributed by atoms with Crippen molar-refractivity contribution in [2.24, 2.45) is 0 Å². The van der Waals surface area contributed by atoms with Crippen molar-refractivity contribution in [3.63, 3.8) is 0 Å². The zero-order valence-corrected chi connectivity index (χ0v) is 12.1. The van der Waals surface area contributed by atoms with Crippen LogP contribution in [0.4, 0.5) is 28.7 Å². The van der Waals surface area contributed by atoms with E-state index >= 15 is 0 Å². The molecule has 0 bridgehead atoms. The summed E-state index contributed by atoms with van der Waals surface area (Å²) >= 11 is 0. The predicted molar refractivity (Wildman–Crippen MR) is 88.5 cm³/mol. The molecular weight excluding hydrogens is 276 g/mol. The smallest absolute Gasteiger partial charge is 0.161 e. The summed E-state index contributed by atoms with van der Waals surface area (Å²) in [5.41, 5.74) is 8.59. The van der Waals surface area contributed by atoms with Crippen molar-refractivity contribution in [2.45, 2.75) is 0 Å². The number of hydrogen-bond donors (Lipinski definition) is 2. The highest BCUT2D eigenvalue weighted by molar-refractivity contribution is 5.81. The van der Waals surface area contributed by atoms with Gasteiger partial charge in [-0.3, -0.25) is 4.98 Å². The number of anilines is 5. The molecule has 0 saturated carbocycles. The Labute approximate surface area is 128 Å². The fourth-order valence-corrected chi connectivity index (χ4v) is 2.10. The minimum Gasteiger partial charge on any atom is -0.393 e. The molecule has 6 heteroatoms. The van der Waals surface area contributed by atoms with Crippen LogP contribution in [-0.2, 0) is 0 Å². The Morgan fingerprint density at radius 3 is 2.45 bits per heavy atom. The van der Waals surface area contributed by atoms with Crippen molar-refractivity contribution < 1.29 is 0 Å². The lowest BCUT2D eigenvalue weighted by atomic mass is 10.3. The summed E-state index contributed by atoms with van der Waals surface area (Å²) in [5.74, 6) is 1.22. The third-order valence-electron chi connectivity index (χ3n) is 3.27. The van der Waals surface area contributed by atoms with E-state index in [9.17, 15) is 0 Å². The maximum absolute atomic E-state index is 6.22. The fourth-order valence-electron chi connectivity index (χ4n) is 2.10. The van der Waals surface area contributed by atoms with Crippen LogP contribution in [-0.4, -0.2) is 22.0 Å². The first-order chi connectivity index (χ1) is 10.8. The van der Waals surface area contributed by atoms with Crippen LogP contribution >= 0.6 is 0 Å². The van der Waals surface area contributed by atoms with Gasteiger partial charge in [0.05, 0.1) is 0 Å². The monoisotopic (exact) mass is 292 g/mol. The minimum atomic E-state index is 0.491. The van der Waals surface area contributed by atoms with Gasteiger partial charge >= 0.3 is 0 Å². The number of nitrogen functional groups attached to an aromatic ring is 1. The van der Waals surface area contributed by atoms with E-state index in [1.807, 2.05) is 54.4 Å². The number of benzene rings is 1. The quantitative estimate of drug-likeness (QED) is 0.769. The summed E-state index contributed by atoms with van der Waals surface area (Å²) in [5, 5.41) is 3.18. The van der Waals surface area contributed by atoms with E-state index in [-0.39, 0.29) is 0 Å². The van der Waals surface area contributed by atoms with E-state index in [0.717, 1.165) is 11.4 Å². The average Bonchev–Trinajstić information content (AvgIpc) is 2.58. The first kappa shape index (κ1) is 13.8. The number of nitrogens with zero attached hydrogens (tertiary/aromatic N) is 4. The lowest BCUT2D eigenvalue weighted by Crippen LogP contribution is -2.15. The van der Waals surface area contributed by atoms with E-state index in [0.29, 0.717) is 17.3 Å². The second-order valence-electron chi connectivity index (χ2n) is 4.72. The zero-order chi connectivity index (χ0) is 15.4. The number of pyridine rings is 1. The Hall–Kier alpha value is -3.15. The molecule has 0 spiro atoms. The van der Waals surface area contributed by atoms with Crippen LogP contribution in [0.2, 0.25) is 0 Å². The summed E-state index contributed by atoms with van der Waals surface area (Å²) in [7, 11) is 1.92. The number of nitrogens with two attached hydrogens (primary N) is 1. The molecule has 3 rings (SSSR count). The second kappa shape index (κ2) is 6.09. The lowest BCUT2D eigenvalue weighted by molar-refractivity contribution is 1.09. The van der Waals surface area contributed by atoms with Crippen LogP contribution in [0, 0.1) is 0 Å². The number of nitrogens with one attached hydrogen (secondary N) is 1. The summed E-state index contributed by atoms with van der Waals surface area (Å²) in [6.07, 6.45) is 4.90. The summed E-state index contributed by atoms with van der Waals surface area (Å²) < 4.78 is 0. The van der Waals surface area contributed by atoms with Gasteiger partial charge in [-0.1, -0.05) is 18.2 Å². The summed E-state index contributed by atoms with van der Waals surface area (Å²) in [6, 6.07) is 13.6. The number of rotatable bonds is 4. The molecule has 2 heterocycles. The Kier molecular flexibility index (Phi) is 3.82. The molecule has 3 aromatic rings. The average molecular weight is 292 g/mol. The molecule has 0 aliphatic heterocycles. The van der Waals surface area contributed by atoms with E-state index in [2.05, 4.69) is 20.3 Å². The van der Waals surface area contributed by atoms with E-state index in [1.54, 1.807) is 12.4 Å². The number of hydrogen-bond acceptors (Lipinski definition) is 6. The Bertz CT molecular complexity index is 745. The maximum Gasteiger partial charge on any atom is 0.161 e. The molecule has 1 aromatic carbocycles. The Balaban J connectivity index is 1.92. The highest BCUT2D eigenvalue weighted by Gasteiger charge is 2.13. The first-order valence-electron chi connectivity index (χ1n) is 6.82. The highest BCUT2D eigenvalue weighted by Crippen LogP contribution is 2.31. The molecule has 0 atom stereocenters. The molecule has 0 amide bonds. The molecule has 0 aliphatic carbocycles. The van der Waals surface area contributed by atoms with Gasteiger partial charge in [-0.15, -0.1) is 0 Å². The lowest BCUT2D eigenvalue weighted by Gasteiger charge is -2.21. The van der Waals surface area contributed by atoms with Crippen molar-refractivity contribution in [2.75, 3.05) is 23.0 Å². The molecule has 22 heavy (non-hydrogen) atoms. The SMILES string of the molecule is CN(c1ccccc1)c1ncnc(Nc2ccncc2)c1N. The molecule has 110 valence electrons. The normalized spacial score (nSPS) is 10.2. The van der Waals surface area contributed by atoms with Crippen LogP contribution in [0.1, 0.15) is 0 Å². The third-order valence-corrected chi connectivity index (χ3v) is 3.27. The van der Waals surface area contributed by atoms with Gasteiger partial charge in [0.2, 0.25) is 0 Å². The van der Waals surface area contributed by atoms with Crippen molar-refractivity contribution in [3.8, 4) is 0 Å².